The number of aliphatic carboxylic acids is 1. The standard InChI is InChI=1S/C34H42N2O5S2.Li/c1-25-11-9-10-16-29(25)31-23-27(17-18-30(31)33(37)35-32(34(38)39)20-22-42-2)24-36(21-19-26-12-5-3-6-13-26)43(40,41)28-14-7-4-8-15-28;/h4,7-11,14-18,23,26,32H,3,5-6,12-13,19-22,24H2,1-2H3,(H,35,37)(H,38,39);/q;+1/p-1/t32-;/m0./s1. The molecule has 1 amide bonds. The van der Waals surface area contributed by atoms with Gasteiger partial charge in [0.05, 0.1) is 16.9 Å². The van der Waals surface area contributed by atoms with Gasteiger partial charge in [-0.1, -0.05) is 80.6 Å². The fraction of sp³-hybridized carbons (Fsp3) is 0.412. The van der Waals surface area contributed by atoms with Crippen LogP contribution < -0.4 is 29.3 Å². The molecule has 10 heteroatoms. The van der Waals surface area contributed by atoms with Crippen LogP contribution in [0.1, 0.15) is 66.4 Å². The largest absolute Gasteiger partial charge is 1.00 e. The number of carboxylic acids is 1. The summed E-state index contributed by atoms with van der Waals surface area (Å²) in [6.45, 7) is 2.51. The Morgan fingerprint density at radius 3 is 2.32 bits per heavy atom. The molecule has 1 fully saturated rings. The van der Waals surface area contributed by atoms with Crippen molar-refractivity contribution in [1.82, 2.24) is 9.62 Å². The third kappa shape index (κ3) is 9.48. The van der Waals surface area contributed by atoms with E-state index in [9.17, 15) is 23.1 Å². The summed E-state index contributed by atoms with van der Waals surface area (Å²) in [5.41, 5.74) is 3.46. The first kappa shape index (κ1) is 35.9. The Bertz CT molecular complexity index is 1490. The van der Waals surface area contributed by atoms with Crippen LogP contribution in [0.2, 0.25) is 0 Å². The fourth-order valence-electron chi connectivity index (χ4n) is 5.74. The van der Waals surface area contributed by atoms with E-state index in [2.05, 4.69) is 5.32 Å². The Morgan fingerprint density at radius 1 is 0.977 bits per heavy atom. The average molecular weight is 629 g/mol. The van der Waals surface area contributed by atoms with Crippen LogP contribution in [-0.2, 0) is 21.4 Å². The van der Waals surface area contributed by atoms with Crippen molar-refractivity contribution in [3.63, 3.8) is 0 Å². The first-order valence-corrected chi connectivity index (χ1v) is 17.8. The smallest absolute Gasteiger partial charge is 0.548 e. The molecule has 0 aliphatic heterocycles. The minimum absolute atomic E-state index is 0. The van der Waals surface area contributed by atoms with Crippen LogP contribution in [0.25, 0.3) is 11.1 Å². The van der Waals surface area contributed by atoms with Gasteiger partial charge in [0.1, 0.15) is 0 Å². The summed E-state index contributed by atoms with van der Waals surface area (Å²) in [5, 5.41) is 14.4. The van der Waals surface area contributed by atoms with Gasteiger partial charge >= 0.3 is 18.9 Å². The number of carbonyl (C=O) groups is 2. The number of carboxylic acid groups (broad SMARTS) is 1. The molecule has 1 aliphatic rings. The summed E-state index contributed by atoms with van der Waals surface area (Å²) >= 11 is 1.50. The minimum Gasteiger partial charge on any atom is -0.548 e. The molecule has 0 saturated heterocycles. The molecular weight excluding hydrogens is 587 g/mol. The van der Waals surface area contributed by atoms with Gasteiger partial charge in [0.25, 0.3) is 5.91 Å². The van der Waals surface area contributed by atoms with E-state index in [4.69, 9.17) is 0 Å². The molecule has 0 radical (unpaired) electrons. The number of carbonyl (C=O) groups excluding carboxylic acids is 2. The molecular formula is C34H41LiN2O5S2. The first-order valence-electron chi connectivity index (χ1n) is 15.0. The average Bonchev–Trinajstić information content (AvgIpc) is 3.02. The Morgan fingerprint density at radius 2 is 1.66 bits per heavy atom. The van der Waals surface area contributed by atoms with E-state index in [-0.39, 0.29) is 36.7 Å². The van der Waals surface area contributed by atoms with Crippen molar-refractivity contribution in [2.75, 3.05) is 18.6 Å². The van der Waals surface area contributed by atoms with Crippen molar-refractivity contribution in [2.45, 2.75) is 69.4 Å². The SMILES string of the molecule is CSCC[C@H](NC(=O)c1ccc(CN(CCC2CCCCC2)S(=O)(=O)c2ccccc2)cc1-c1ccccc1C)C(=O)[O-].[Li+]. The van der Waals surface area contributed by atoms with Gasteiger partial charge < -0.3 is 15.2 Å². The molecule has 0 spiro atoms. The molecule has 0 aromatic heterocycles. The number of nitrogens with zero attached hydrogens (tertiary/aromatic N) is 1. The number of amides is 1. The number of hydrogen-bond acceptors (Lipinski definition) is 6. The van der Waals surface area contributed by atoms with Crippen LogP contribution in [0.5, 0.6) is 0 Å². The Hall–Kier alpha value is -2.54. The number of benzene rings is 3. The molecule has 1 aliphatic carbocycles. The van der Waals surface area contributed by atoms with Gasteiger partial charge in [-0.05, 0) is 84.2 Å². The van der Waals surface area contributed by atoms with E-state index in [0.29, 0.717) is 29.3 Å². The van der Waals surface area contributed by atoms with Crippen molar-refractivity contribution in [3.05, 3.63) is 89.5 Å². The second kappa shape index (κ2) is 17.2. The molecule has 7 nitrogen and oxygen atoms in total. The number of aryl methyl sites for hydroxylation is 1. The van der Waals surface area contributed by atoms with E-state index in [1.165, 1.54) is 31.0 Å². The Balaban J connectivity index is 0.00000529. The van der Waals surface area contributed by atoms with Crippen molar-refractivity contribution >= 4 is 33.7 Å². The van der Waals surface area contributed by atoms with Crippen LogP contribution in [0.4, 0.5) is 0 Å². The molecule has 1 saturated carbocycles. The summed E-state index contributed by atoms with van der Waals surface area (Å²) in [6, 6.07) is 20.4. The van der Waals surface area contributed by atoms with E-state index >= 15 is 0 Å². The maximum absolute atomic E-state index is 13.9. The molecule has 1 N–H and O–H groups in total. The Labute approximate surface area is 278 Å². The molecule has 44 heavy (non-hydrogen) atoms. The monoisotopic (exact) mass is 628 g/mol. The van der Waals surface area contributed by atoms with Crippen molar-refractivity contribution in [3.8, 4) is 11.1 Å². The quantitative estimate of drug-likeness (QED) is 0.275. The number of thioether (sulfide) groups is 1. The summed E-state index contributed by atoms with van der Waals surface area (Å²) in [6.07, 6.45) is 8.81. The van der Waals surface area contributed by atoms with Crippen LogP contribution in [0, 0.1) is 12.8 Å². The first-order chi connectivity index (χ1) is 20.7. The molecule has 4 rings (SSSR count). The second-order valence-corrected chi connectivity index (χ2v) is 14.2. The number of rotatable bonds is 14. The molecule has 0 heterocycles. The third-order valence-electron chi connectivity index (χ3n) is 8.22. The number of hydrogen-bond donors (Lipinski definition) is 1. The van der Waals surface area contributed by atoms with Crippen molar-refractivity contribution < 1.29 is 42.0 Å². The van der Waals surface area contributed by atoms with Gasteiger partial charge in [0.2, 0.25) is 10.0 Å². The maximum Gasteiger partial charge on any atom is 1.00 e. The second-order valence-electron chi connectivity index (χ2n) is 11.3. The van der Waals surface area contributed by atoms with Gasteiger partial charge in [-0.15, -0.1) is 0 Å². The minimum atomic E-state index is -3.77. The summed E-state index contributed by atoms with van der Waals surface area (Å²) in [7, 11) is -3.77. The molecule has 230 valence electrons. The van der Waals surface area contributed by atoms with E-state index < -0.39 is 27.9 Å². The fourth-order valence-corrected chi connectivity index (χ4v) is 7.67. The topological polar surface area (TPSA) is 107 Å². The van der Waals surface area contributed by atoms with Gasteiger partial charge in [-0.2, -0.15) is 16.1 Å². The van der Waals surface area contributed by atoms with Gasteiger partial charge in [-0.3, -0.25) is 4.79 Å². The Kier molecular flexibility index (Phi) is 14.1. The summed E-state index contributed by atoms with van der Waals surface area (Å²) < 4.78 is 29.3. The zero-order chi connectivity index (χ0) is 30.8. The molecule has 0 unspecified atom stereocenters. The number of nitrogens with one attached hydrogen (secondary N) is 1. The van der Waals surface area contributed by atoms with Crippen molar-refractivity contribution in [2.24, 2.45) is 5.92 Å². The maximum atomic E-state index is 13.9. The molecule has 3 aromatic carbocycles. The zero-order valence-electron chi connectivity index (χ0n) is 26.0. The van der Waals surface area contributed by atoms with Crippen LogP contribution in [0.3, 0.4) is 0 Å². The van der Waals surface area contributed by atoms with Crippen LogP contribution in [0.15, 0.2) is 77.7 Å². The predicted octanol–water partition coefficient (Wildman–Crippen LogP) is 2.43. The van der Waals surface area contributed by atoms with Gasteiger partial charge in [0.15, 0.2) is 0 Å². The zero-order valence-corrected chi connectivity index (χ0v) is 27.6. The van der Waals surface area contributed by atoms with Crippen LogP contribution >= 0.6 is 11.8 Å². The van der Waals surface area contributed by atoms with E-state index in [0.717, 1.165) is 36.0 Å². The molecule has 3 aromatic rings. The van der Waals surface area contributed by atoms with Gasteiger partial charge in [0, 0.05) is 18.7 Å². The summed E-state index contributed by atoms with van der Waals surface area (Å²) in [5.74, 6) is -0.754. The third-order valence-corrected chi connectivity index (χ3v) is 10.7. The summed E-state index contributed by atoms with van der Waals surface area (Å²) in [4.78, 5) is 25.5. The molecule has 0 bridgehead atoms. The molecule has 1 atom stereocenters. The normalized spacial score (nSPS) is 14.5. The van der Waals surface area contributed by atoms with E-state index in [1.54, 1.807) is 46.8 Å². The van der Waals surface area contributed by atoms with E-state index in [1.807, 2.05) is 43.5 Å². The predicted molar refractivity (Wildman–Crippen MR) is 171 cm³/mol. The number of sulfonamides is 1. The van der Waals surface area contributed by atoms with Gasteiger partial charge in [-0.25, -0.2) is 8.42 Å². The van der Waals surface area contributed by atoms with Crippen molar-refractivity contribution in [1.29, 1.82) is 0 Å². The van der Waals surface area contributed by atoms with Crippen LogP contribution in [-0.4, -0.2) is 49.2 Å².